The molecule has 3 heterocycles. The fourth-order valence-electron chi connectivity index (χ4n) is 2.62. The molecule has 0 saturated heterocycles. The van der Waals surface area contributed by atoms with Gasteiger partial charge in [0.1, 0.15) is 5.56 Å². The number of aryl methyl sites for hydroxylation is 1. The van der Waals surface area contributed by atoms with Crippen LogP contribution in [0, 0.1) is 6.92 Å². The summed E-state index contributed by atoms with van der Waals surface area (Å²) in [5.74, 6) is -0.146. The summed E-state index contributed by atoms with van der Waals surface area (Å²) >= 11 is 1.51. The van der Waals surface area contributed by atoms with E-state index in [1.54, 1.807) is 21.1 Å². The normalized spacial score (nSPS) is 10.9. The molecule has 4 rings (SSSR count). The lowest BCUT2D eigenvalue weighted by Crippen LogP contribution is -2.30. The summed E-state index contributed by atoms with van der Waals surface area (Å²) in [5.41, 5.74) is 5.30. The van der Waals surface area contributed by atoms with Crippen LogP contribution < -0.4 is 4.90 Å². The Morgan fingerprint density at radius 1 is 1.24 bits per heavy atom. The third-order valence-electron chi connectivity index (χ3n) is 3.86. The van der Waals surface area contributed by atoms with Gasteiger partial charge < -0.3 is 4.90 Å². The Kier molecular flexibility index (Phi) is 3.99. The number of hydrogen-bond donors (Lipinski definition) is 0. The van der Waals surface area contributed by atoms with Gasteiger partial charge in [0.05, 0.1) is 23.9 Å². The lowest BCUT2D eigenvalue weighted by atomic mass is 10.2. The molecule has 0 aliphatic rings. The van der Waals surface area contributed by atoms with Crippen LogP contribution in [0.1, 0.15) is 21.7 Å². The van der Waals surface area contributed by atoms with Crippen LogP contribution in [0.25, 0.3) is 5.65 Å². The number of benzene rings is 1. The molecule has 6 nitrogen and oxygen atoms in total. The van der Waals surface area contributed by atoms with Gasteiger partial charge in [-0.25, -0.2) is 14.5 Å². The molecule has 4 aromatic rings. The van der Waals surface area contributed by atoms with Gasteiger partial charge in [-0.1, -0.05) is 18.2 Å². The number of carbonyl (C=O) groups excluding carboxylic acids is 1. The van der Waals surface area contributed by atoms with Crippen molar-refractivity contribution in [2.24, 2.45) is 0 Å². The second kappa shape index (κ2) is 6.45. The second-order valence-electron chi connectivity index (χ2n) is 5.60. The van der Waals surface area contributed by atoms with Gasteiger partial charge in [0.15, 0.2) is 5.65 Å². The highest BCUT2D eigenvalue weighted by Gasteiger charge is 2.23. The fourth-order valence-corrected chi connectivity index (χ4v) is 3.17. The van der Waals surface area contributed by atoms with Crippen molar-refractivity contribution in [1.29, 1.82) is 0 Å². The zero-order valence-electron chi connectivity index (χ0n) is 13.5. The van der Waals surface area contributed by atoms with Gasteiger partial charge in [-0.2, -0.15) is 5.10 Å². The van der Waals surface area contributed by atoms with Crippen LogP contribution in [-0.4, -0.2) is 25.5 Å². The summed E-state index contributed by atoms with van der Waals surface area (Å²) in [6.45, 7) is 2.29. The number of rotatable bonds is 4. The van der Waals surface area contributed by atoms with Crippen molar-refractivity contribution in [2.45, 2.75) is 13.5 Å². The van der Waals surface area contributed by atoms with E-state index in [2.05, 4.69) is 15.1 Å². The Balaban J connectivity index is 1.77. The van der Waals surface area contributed by atoms with Crippen molar-refractivity contribution in [3.63, 3.8) is 0 Å². The lowest BCUT2D eigenvalue weighted by Gasteiger charge is -2.21. The van der Waals surface area contributed by atoms with E-state index in [9.17, 15) is 4.79 Å². The van der Waals surface area contributed by atoms with E-state index in [0.29, 0.717) is 17.8 Å². The van der Waals surface area contributed by atoms with Gasteiger partial charge >= 0.3 is 0 Å². The molecule has 0 atom stereocenters. The van der Waals surface area contributed by atoms with Crippen molar-refractivity contribution < 1.29 is 4.79 Å². The maximum atomic E-state index is 13.3. The Morgan fingerprint density at radius 3 is 2.84 bits per heavy atom. The first-order chi connectivity index (χ1) is 12.2. The summed E-state index contributed by atoms with van der Waals surface area (Å²) in [4.78, 5) is 23.7. The van der Waals surface area contributed by atoms with Gasteiger partial charge in [0.2, 0.25) is 0 Å². The highest BCUT2D eigenvalue weighted by Crippen LogP contribution is 2.21. The van der Waals surface area contributed by atoms with Crippen LogP contribution in [-0.2, 0) is 6.54 Å². The summed E-state index contributed by atoms with van der Waals surface area (Å²) in [6.07, 6.45) is 3.38. The molecule has 124 valence electrons. The molecule has 1 amide bonds. The Morgan fingerprint density at radius 2 is 2.08 bits per heavy atom. The van der Waals surface area contributed by atoms with E-state index in [4.69, 9.17) is 0 Å². The highest BCUT2D eigenvalue weighted by atomic mass is 32.1. The van der Waals surface area contributed by atoms with E-state index in [-0.39, 0.29) is 5.91 Å². The van der Waals surface area contributed by atoms with Crippen LogP contribution in [0.2, 0.25) is 0 Å². The highest BCUT2D eigenvalue weighted by molar-refractivity contribution is 7.07. The number of fused-ring (bicyclic) bond motifs is 1. The van der Waals surface area contributed by atoms with E-state index in [1.807, 2.05) is 54.9 Å². The van der Waals surface area contributed by atoms with Crippen molar-refractivity contribution in [3.05, 3.63) is 76.6 Å². The molecule has 0 unspecified atom stereocenters. The maximum Gasteiger partial charge on any atom is 0.264 e. The first-order valence-corrected chi connectivity index (χ1v) is 8.71. The van der Waals surface area contributed by atoms with Crippen LogP contribution >= 0.6 is 11.3 Å². The van der Waals surface area contributed by atoms with Crippen molar-refractivity contribution in [2.75, 3.05) is 4.90 Å². The van der Waals surface area contributed by atoms with Crippen LogP contribution in [0.5, 0.6) is 0 Å². The van der Waals surface area contributed by atoms with Gasteiger partial charge in [0, 0.05) is 23.0 Å². The number of hydrogen-bond acceptors (Lipinski definition) is 5. The zero-order valence-corrected chi connectivity index (χ0v) is 14.3. The van der Waals surface area contributed by atoms with Gasteiger partial charge in [0.25, 0.3) is 5.91 Å². The van der Waals surface area contributed by atoms with Crippen LogP contribution in [0.3, 0.4) is 0 Å². The SMILES string of the molecule is Cc1ccn2ncc(C(=O)N(Cc3cscn3)c3ccccc3)c2n1. The molecule has 0 saturated carbocycles. The number of thiazole rings is 1. The third-order valence-corrected chi connectivity index (χ3v) is 4.49. The topological polar surface area (TPSA) is 63.4 Å². The standard InChI is InChI=1S/C18H15N5OS/c1-13-7-8-23-17(21-13)16(9-20-23)18(24)22(10-14-11-25-12-19-14)15-5-3-2-4-6-15/h2-9,11-12H,10H2,1H3. The van der Waals surface area contributed by atoms with E-state index in [0.717, 1.165) is 17.1 Å². The van der Waals surface area contributed by atoms with Crippen molar-refractivity contribution in [3.8, 4) is 0 Å². The Labute approximate surface area is 148 Å². The lowest BCUT2D eigenvalue weighted by molar-refractivity contribution is 0.0986. The second-order valence-corrected chi connectivity index (χ2v) is 6.32. The number of anilines is 1. The minimum Gasteiger partial charge on any atom is -0.302 e. The average molecular weight is 349 g/mol. The fraction of sp³-hybridized carbons (Fsp3) is 0.111. The summed E-state index contributed by atoms with van der Waals surface area (Å²) in [6, 6.07) is 11.4. The van der Waals surface area contributed by atoms with E-state index >= 15 is 0 Å². The molecule has 25 heavy (non-hydrogen) atoms. The first-order valence-electron chi connectivity index (χ1n) is 7.77. The Bertz CT molecular complexity index is 1010. The number of aromatic nitrogens is 4. The molecular formula is C18H15N5OS. The summed E-state index contributed by atoms with van der Waals surface area (Å²) < 4.78 is 1.62. The molecule has 0 radical (unpaired) electrons. The molecule has 0 N–H and O–H groups in total. The van der Waals surface area contributed by atoms with Crippen molar-refractivity contribution in [1.82, 2.24) is 19.6 Å². The smallest absolute Gasteiger partial charge is 0.264 e. The molecule has 1 aromatic carbocycles. The molecule has 0 spiro atoms. The van der Waals surface area contributed by atoms with Crippen LogP contribution in [0.4, 0.5) is 5.69 Å². The first kappa shape index (κ1) is 15.5. The average Bonchev–Trinajstić information content (AvgIpc) is 3.29. The monoisotopic (exact) mass is 349 g/mol. The molecular weight excluding hydrogens is 334 g/mol. The van der Waals surface area contributed by atoms with E-state index in [1.165, 1.54) is 11.3 Å². The molecule has 7 heteroatoms. The van der Waals surface area contributed by atoms with Gasteiger partial charge in [-0.15, -0.1) is 11.3 Å². The van der Waals surface area contributed by atoms with E-state index < -0.39 is 0 Å². The number of carbonyl (C=O) groups is 1. The molecule has 0 bridgehead atoms. The number of amides is 1. The minimum atomic E-state index is -0.146. The number of nitrogens with zero attached hydrogens (tertiary/aromatic N) is 5. The minimum absolute atomic E-state index is 0.146. The van der Waals surface area contributed by atoms with Crippen molar-refractivity contribution >= 4 is 28.6 Å². The van der Waals surface area contributed by atoms with Gasteiger partial charge in [-0.05, 0) is 25.1 Å². The number of para-hydroxylation sites is 1. The zero-order chi connectivity index (χ0) is 17.2. The third kappa shape index (κ3) is 3.01. The summed E-state index contributed by atoms with van der Waals surface area (Å²) in [5, 5.41) is 6.19. The molecule has 3 aromatic heterocycles. The summed E-state index contributed by atoms with van der Waals surface area (Å²) in [7, 11) is 0. The predicted octanol–water partition coefficient (Wildman–Crippen LogP) is 3.34. The van der Waals surface area contributed by atoms with Gasteiger partial charge in [-0.3, -0.25) is 4.79 Å². The molecule has 0 fully saturated rings. The molecule has 0 aliphatic carbocycles. The largest absolute Gasteiger partial charge is 0.302 e. The molecule has 0 aliphatic heterocycles. The van der Waals surface area contributed by atoms with Crippen LogP contribution in [0.15, 0.2) is 59.7 Å². The maximum absolute atomic E-state index is 13.3. The quantitative estimate of drug-likeness (QED) is 0.567. The predicted molar refractivity (Wildman–Crippen MR) is 96.8 cm³/mol. The Hall–Kier alpha value is -3.06.